The lowest BCUT2D eigenvalue weighted by atomic mass is 10.2. The van der Waals surface area contributed by atoms with Gasteiger partial charge in [0.05, 0.1) is 12.8 Å². The fourth-order valence-corrected chi connectivity index (χ4v) is 2.52. The van der Waals surface area contributed by atoms with Gasteiger partial charge in [0.15, 0.2) is 11.5 Å². The molecule has 0 fully saturated rings. The van der Waals surface area contributed by atoms with Gasteiger partial charge in [-0.25, -0.2) is 5.43 Å². The molecule has 0 bridgehead atoms. The Bertz CT molecular complexity index is 1020. The summed E-state index contributed by atoms with van der Waals surface area (Å²) >= 11 is 6.00. The highest BCUT2D eigenvalue weighted by molar-refractivity contribution is 6.30. The van der Waals surface area contributed by atoms with Gasteiger partial charge in [-0.3, -0.25) is 9.78 Å². The maximum absolute atomic E-state index is 11.2. The van der Waals surface area contributed by atoms with Crippen molar-refractivity contribution in [1.29, 1.82) is 0 Å². The molecule has 0 aliphatic heterocycles. The standard InChI is InChI=1S/C19H18ClN5O3/c1-2-27-17-9-13(10-21-24-19-23-18(26)11-22-25-19)6-7-16(17)28-12-14-4-3-5-15(20)8-14/h3-11H,2,12H2,1H3,(H2,23,24,25,26)/b21-10+. The smallest absolute Gasteiger partial charge is 0.271 e. The Kier molecular flexibility index (Phi) is 6.59. The molecule has 8 nitrogen and oxygen atoms in total. The maximum Gasteiger partial charge on any atom is 0.271 e. The highest BCUT2D eigenvalue weighted by Crippen LogP contribution is 2.29. The van der Waals surface area contributed by atoms with E-state index in [2.05, 4.69) is 25.7 Å². The van der Waals surface area contributed by atoms with E-state index >= 15 is 0 Å². The lowest BCUT2D eigenvalue weighted by molar-refractivity contribution is 0.269. The van der Waals surface area contributed by atoms with Crippen molar-refractivity contribution in [3.63, 3.8) is 0 Å². The van der Waals surface area contributed by atoms with Gasteiger partial charge in [-0.1, -0.05) is 23.7 Å². The van der Waals surface area contributed by atoms with E-state index in [0.29, 0.717) is 29.7 Å². The number of hydrogen-bond acceptors (Lipinski definition) is 7. The number of aromatic nitrogens is 3. The highest BCUT2D eigenvalue weighted by Gasteiger charge is 2.07. The van der Waals surface area contributed by atoms with Gasteiger partial charge in [-0.2, -0.15) is 5.10 Å². The molecule has 3 rings (SSSR count). The van der Waals surface area contributed by atoms with Crippen LogP contribution < -0.4 is 20.5 Å². The summed E-state index contributed by atoms with van der Waals surface area (Å²) in [4.78, 5) is 13.6. The van der Waals surface area contributed by atoms with Crippen LogP contribution in [-0.2, 0) is 6.61 Å². The molecule has 144 valence electrons. The van der Waals surface area contributed by atoms with E-state index in [1.54, 1.807) is 18.3 Å². The van der Waals surface area contributed by atoms with Crippen molar-refractivity contribution in [3.8, 4) is 11.5 Å². The van der Waals surface area contributed by atoms with Crippen molar-refractivity contribution in [2.45, 2.75) is 13.5 Å². The summed E-state index contributed by atoms with van der Waals surface area (Å²) in [5.74, 6) is 1.36. The van der Waals surface area contributed by atoms with Gasteiger partial charge in [0.25, 0.3) is 5.56 Å². The molecular formula is C19H18ClN5O3. The van der Waals surface area contributed by atoms with Crippen molar-refractivity contribution >= 4 is 23.8 Å². The Balaban J connectivity index is 1.69. The fraction of sp³-hybridized carbons (Fsp3) is 0.158. The monoisotopic (exact) mass is 399 g/mol. The van der Waals surface area contributed by atoms with E-state index < -0.39 is 0 Å². The second kappa shape index (κ2) is 9.52. The molecule has 3 aromatic rings. The number of hydrazone groups is 1. The number of benzene rings is 2. The predicted molar refractivity (Wildman–Crippen MR) is 107 cm³/mol. The van der Waals surface area contributed by atoms with Crippen LogP contribution in [-0.4, -0.2) is 28.0 Å². The van der Waals surface area contributed by atoms with Crippen molar-refractivity contribution in [3.05, 3.63) is 75.2 Å². The summed E-state index contributed by atoms with van der Waals surface area (Å²) in [5, 5.41) is 11.9. The second-order valence-corrected chi connectivity index (χ2v) is 6.05. The van der Waals surface area contributed by atoms with Gasteiger partial charge >= 0.3 is 0 Å². The van der Waals surface area contributed by atoms with E-state index in [1.165, 1.54) is 0 Å². The first-order valence-corrected chi connectivity index (χ1v) is 8.87. The molecule has 0 saturated carbocycles. The number of aromatic amines is 1. The lowest BCUT2D eigenvalue weighted by Crippen LogP contribution is -2.10. The first-order valence-electron chi connectivity index (χ1n) is 8.49. The third-order valence-electron chi connectivity index (χ3n) is 3.51. The quantitative estimate of drug-likeness (QED) is 0.445. The molecule has 0 amide bonds. The number of H-pyrrole nitrogens is 1. The summed E-state index contributed by atoms with van der Waals surface area (Å²) in [5.41, 5.74) is 3.98. The van der Waals surface area contributed by atoms with E-state index in [9.17, 15) is 4.79 Å². The molecule has 9 heteroatoms. The van der Waals surface area contributed by atoms with Crippen LogP contribution in [0.25, 0.3) is 0 Å². The van der Waals surface area contributed by atoms with Crippen molar-refractivity contribution < 1.29 is 9.47 Å². The molecule has 0 unspecified atom stereocenters. The molecular weight excluding hydrogens is 382 g/mol. The minimum absolute atomic E-state index is 0.148. The number of hydrogen-bond donors (Lipinski definition) is 2. The van der Waals surface area contributed by atoms with Crippen LogP contribution in [0.15, 0.2) is 58.6 Å². The Morgan fingerprint density at radius 1 is 1.21 bits per heavy atom. The maximum atomic E-state index is 11.2. The summed E-state index contributed by atoms with van der Waals surface area (Å²) in [7, 11) is 0. The van der Waals surface area contributed by atoms with E-state index in [1.807, 2.05) is 37.3 Å². The molecule has 0 spiro atoms. The van der Waals surface area contributed by atoms with E-state index in [-0.39, 0.29) is 11.5 Å². The minimum Gasteiger partial charge on any atom is -0.490 e. The SMILES string of the molecule is CCOc1cc(/C=N/Nc2nncc(=O)[nH]2)ccc1OCc1cccc(Cl)c1. The second-order valence-electron chi connectivity index (χ2n) is 5.61. The number of halogens is 1. The van der Waals surface area contributed by atoms with Gasteiger partial charge < -0.3 is 9.47 Å². The van der Waals surface area contributed by atoms with Crippen LogP contribution in [0.3, 0.4) is 0 Å². The topological polar surface area (TPSA) is 101 Å². The average Bonchev–Trinajstić information content (AvgIpc) is 2.68. The molecule has 1 aromatic heterocycles. The van der Waals surface area contributed by atoms with Crippen molar-refractivity contribution in [2.24, 2.45) is 5.10 Å². The average molecular weight is 400 g/mol. The number of anilines is 1. The van der Waals surface area contributed by atoms with Gasteiger partial charge in [-0.15, -0.1) is 10.2 Å². The first-order chi connectivity index (χ1) is 13.6. The number of ether oxygens (including phenoxy) is 2. The predicted octanol–water partition coefficient (Wildman–Crippen LogP) is 3.24. The number of nitrogens with zero attached hydrogens (tertiary/aromatic N) is 3. The summed E-state index contributed by atoms with van der Waals surface area (Å²) < 4.78 is 11.5. The molecule has 0 aliphatic carbocycles. The normalized spacial score (nSPS) is 10.8. The zero-order valence-corrected chi connectivity index (χ0v) is 15.8. The van der Waals surface area contributed by atoms with Gasteiger partial charge in [-0.05, 0) is 48.4 Å². The minimum atomic E-state index is -0.368. The molecule has 28 heavy (non-hydrogen) atoms. The van der Waals surface area contributed by atoms with Crippen molar-refractivity contribution in [2.75, 3.05) is 12.0 Å². The van der Waals surface area contributed by atoms with Crippen molar-refractivity contribution in [1.82, 2.24) is 15.2 Å². The van der Waals surface area contributed by atoms with Crippen LogP contribution in [0.5, 0.6) is 11.5 Å². The fourth-order valence-electron chi connectivity index (χ4n) is 2.31. The summed E-state index contributed by atoms with van der Waals surface area (Å²) in [6.45, 7) is 2.76. The number of rotatable bonds is 8. The Hall–Kier alpha value is -3.39. The van der Waals surface area contributed by atoms with Crippen LogP contribution in [0.2, 0.25) is 5.02 Å². The zero-order valence-electron chi connectivity index (χ0n) is 15.1. The van der Waals surface area contributed by atoms with Gasteiger partial charge in [0.1, 0.15) is 12.8 Å². The third-order valence-corrected chi connectivity index (χ3v) is 3.74. The Morgan fingerprint density at radius 2 is 2.11 bits per heavy atom. The van der Waals surface area contributed by atoms with Gasteiger partial charge in [0, 0.05) is 5.02 Å². The summed E-state index contributed by atoms with van der Waals surface area (Å²) in [6, 6.07) is 12.9. The van der Waals surface area contributed by atoms with Crippen LogP contribution in [0.1, 0.15) is 18.1 Å². The lowest BCUT2D eigenvalue weighted by Gasteiger charge is -2.12. The molecule has 0 atom stereocenters. The molecule has 2 N–H and O–H groups in total. The van der Waals surface area contributed by atoms with Gasteiger partial charge in [0.2, 0.25) is 5.95 Å². The highest BCUT2D eigenvalue weighted by atomic mass is 35.5. The third kappa shape index (κ3) is 5.55. The Labute approximate surface area is 166 Å². The summed E-state index contributed by atoms with van der Waals surface area (Å²) in [6.07, 6.45) is 2.64. The largest absolute Gasteiger partial charge is 0.490 e. The molecule has 0 radical (unpaired) electrons. The zero-order chi connectivity index (χ0) is 19.8. The van der Waals surface area contributed by atoms with Crippen LogP contribution >= 0.6 is 11.6 Å². The van der Waals surface area contributed by atoms with E-state index in [4.69, 9.17) is 21.1 Å². The first kappa shape index (κ1) is 19.4. The molecule has 0 aliphatic rings. The van der Waals surface area contributed by atoms with Crippen LogP contribution in [0.4, 0.5) is 5.95 Å². The molecule has 1 heterocycles. The van der Waals surface area contributed by atoms with E-state index in [0.717, 1.165) is 17.3 Å². The van der Waals surface area contributed by atoms with Crippen LogP contribution in [0, 0.1) is 0 Å². The molecule has 2 aromatic carbocycles. The Morgan fingerprint density at radius 3 is 2.89 bits per heavy atom. The molecule has 0 saturated heterocycles. The number of nitrogens with one attached hydrogen (secondary N) is 2.